The van der Waals surface area contributed by atoms with Crippen molar-refractivity contribution in [3.63, 3.8) is 0 Å². The maximum absolute atomic E-state index is 14.6. The van der Waals surface area contributed by atoms with Crippen LogP contribution in [0.1, 0.15) is 17.4 Å². The molecule has 1 atom stereocenters. The number of rotatable bonds is 3. The molecule has 7 nitrogen and oxygen atoms in total. The second-order valence-electron chi connectivity index (χ2n) is 7.57. The van der Waals surface area contributed by atoms with Gasteiger partial charge in [-0.05, 0) is 31.2 Å². The second-order valence-corrected chi connectivity index (χ2v) is 7.57. The summed E-state index contributed by atoms with van der Waals surface area (Å²) in [6, 6.07) is 7.12. The lowest BCUT2D eigenvalue weighted by molar-refractivity contribution is 0.0392. The third-order valence-electron chi connectivity index (χ3n) is 5.32. The Labute approximate surface area is 177 Å². The smallest absolute Gasteiger partial charge is 0.228 e. The first-order valence-corrected chi connectivity index (χ1v) is 9.94. The van der Waals surface area contributed by atoms with Crippen molar-refractivity contribution < 1.29 is 13.5 Å². The van der Waals surface area contributed by atoms with Crippen LogP contribution in [0.2, 0.25) is 0 Å². The molecule has 0 saturated carbocycles. The lowest BCUT2D eigenvalue weighted by atomic mass is 10.1. The van der Waals surface area contributed by atoms with Crippen LogP contribution in [0, 0.1) is 18.6 Å². The van der Waals surface area contributed by atoms with Crippen LogP contribution >= 0.6 is 0 Å². The molecule has 0 aliphatic carbocycles. The van der Waals surface area contributed by atoms with Gasteiger partial charge in [-0.2, -0.15) is 10.1 Å². The molecule has 1 aliphatic heterocycles. The van der Waals surface area contributed by atoms with Gasteiger partial charge in [0.25, 0.3) is 0 Å². The molecule has 0 radical (unpaired) electrons. The molecule has 158 valence electrons. The highest BCUT2D eigenvalue weighted by Gasteiger charge is 2.26. The minimum absolute atomic E-state index is 0.182. The summed E-state index contributed by atoms with van der Waals surface area (Å²) < 4.78 is 35.8. The maximum atomic E-state index is 14.6. The Morgan fingerprint density at radius 1 is 1.10 bits per heavy atom. The largest absolute Gasteiger partial charge is 0.370 e. The van der Waals surface area contributed by atoms with E-state index in [-0.39, 0.29) is 11.7 Å². The fraction of sp³-hybridized carbons (Fsp3) is 0.273. The molecule has 31 heavy (non-hydrogen) atoms. The molecule has 0 amide bonds. The van der Waals surface area contributed by atoms with Gasteiger partial charge in [0.2, 0.25) is 5.95 Å². The average Bonchev–Trinajstić information content (AvgIpc) is 3.19. The number of ether oxygens (including phenoxy) is 1. The van der Waals surface area contributed by atoms with E-state index < -0.39 is 11.6 Å². The van der Waals surface area contributed by atoms with Crippen LogP contribution in [0.5, 0.6) is 0 Å². The molecule has 0 N–H and O–H groups in total. The average molecular weight is 422 g/mol. The highest BCUT2D eigenvalue weighted by molar-refractivity contribution is 5.91. The summed E-state index contributed by atoms with van der Waals surface area (Å²) in [5.41, 5.74) is 2.81. The van der Waals surface area contributed by atoms with Crippen LogP contribution in [0.15, 0.2) is 42.7 Å². The molecule has 1 aromatic carbocycles. The lowest BCUT2D eigenvalue weighted by Crippen LogP contribution is -2.39. The fourth-order valence-electron chi connectivity index (χ4n) is 3.76. The summed E-state index contributed by atoms with van der Waals surface area (Å²) in [5.74, 6) is -0.885. The fourth-order valence-corrected chi connectivity index (χ4v) is 3.76. The molecule has 1 saturated heterocycles. The molecule has 1 aliphatic rings. The molecule has 0 spiro atoms. The molecular weight excluding hydrogens is 402 g/mol. The van der Waals surface area contributed by atoms with Crippen molar-refractivity contribution in [1.82, 2.24) is 24.7 Å². The van der Waals surface area contributed by atoms with Crippen molar-refractivity contribution in [2.45, 2.75) is 13.0 Å². The highest BCUT2D eigenvalue weighted by atomic mass is 19.1. The number of anilines is 1. The minimum atomic E-state index is -0.679. The number of halogens is 2. The van der Waals surface area contributed by atoms with Gasteiger partial charge in [0.15, 0.2) is 5.65 Å². The van der Waals surface area contributed by atoms with E-state index in [2.05, 4.69) is 20.1 Å². The molecule has 3 aromatic heterocycles. The zero-order valence-electron chi connectivity index (χ0n) is 17.1. The van der Waals surface area contributed by atoms with E-state index in [1.54, 1.807) is 10.9 Å². The van der Waals surface area contributed by atoms with Crippen LogP contribution in [0.4, 0.5) is 14.7 Å². The lowest BCUT2D eigenvalue weighted by Gasteiger charge is -2.32. The SMILES string of the molecule is Cc1ccc2c(-c3ccc(F)cc3F)nc(N3CCO[C@@H](c4cnn(C)c4)C3)nc2n1. The monoisotopic (exact) mass is 422 g/mol. The van der Waals surface area contributed by atoms with Crippen molar-refractivity contribution in [3.05, 3.63) is 65.6 Å². The van der Waals surface area contributed by atoms with Gasteiger partial charge < -0.3 is 9.64 Å². The van der Waals surface area contributed by atoms with Crippen molar-refractivity contribution in [2.75, 3.05) is 24.6 Å². The van der Waals surface area contributed by atoms with Crippen LogP contribution in [-0.4, -0.2) is 44.4 Å². The highest BCUT2D eigenvalue weighted by Crippen LogP contribution is 2.31. The Morgan fingerprint density at radius 3 is 2.74 bits per heavy atom. The summed E-state index contributed by atoms with van der Waals surface area (Å²) in [4.78, 5) is 15.9. The third-order valence-corrected chi connectivity index (χ3v) is 5.32. The number of aromatic nitrogens is 5. The van der Waals surface area contributed by atoms with Crippen LogP contribution in [-0.2, 0) is 11.8 Å². The third kappa shape index (κ3) is 3.72. The second kappa shape index (κ2) is 7.66. The first kappa shape index (κ1) is 19.5. The summed E-state index contributed by atoms with van der Waals surface area (Å²) >= 11 is 0. The van der Waals surface area contributed by atoms with Gasteiger partial charge in [-0.3, -0.25) is 4.68 Å². The van der Waals surface area contributed by atoms with Gasteiger partial charge in [0.05, 0.1) is 25.0 Å². The van der Waals surface area contributed by atoms with E-state index >= 15 is 0 Å². The van der Waals surface area contributed by atoms with Gasteiger partial charge in [0, 0.05) is 48.1 Å². The summed E-state index contributed by atoms with van der Waals surface area (Å²) in [6.07, 6.45) is 3.51. The number of fused-ring (bicyclic) bond motifs is 1. The van der Waals surface area contributed by atoms with Gasteiger partial charge >= 0.3 is 0 Å². The van der Waals surface area contributed by atoms with Gasteiger partial charge in [-0.25, -0.2) is 18.7 Å². The number of pyridine rings is 1. The predicted octanol–water partition coefficient (Wildman–Crippen LogP) is 3.59. The zero-order valence-corrected chi connectivity index (χ0v) is 17.1. The molecule has 5 rings (SSSR count). The van der Waals surface area contributed by atoms with Crippen molar-refractivity contribution in [3.8, 4) is 11.3 Å². The zero-order chi connectivity index (χ0) is 21.5. The van der Waals surface area contributed by atoms with E-state index in [4.69, 9.17) is 4.74 Å². The molecule has 1 fully saturated rings. The normalized spacial score (nSPS) is 16.8. The van der Waals surface area contributed by atoms with Crippen molar-refractivity contribution in [2.24, 2.45) is 7.05 Å². The molecule has 4 aromatic rings. The van der Waals surface area contributed by atoms with Gasteiger partial charge in [-0.15, -0.1) is 0 Å². The van der Waals surface area contributed by atoms with Crippen LogP contribution < -0.4 is 4.90 Å². The van der Waals surface area contributed by atoms with Crippen molar-refractivity contribution in [1.29, 1.82) is 0 Å². The predicted molar refractivity (Wildman–Crippen MR) is 112 cm³/mol. The number of nitrogens with zero attached hydrogens (tertiary/aromatic N) is 6. The Bertz CT molecular complexity index is 1270. The summed E-state index contributed by atoms with van der Waals surface area (Å²) in [5, 5.41) is 4.82. The van der Waals surface area contributed by atoms with Crippen molar-refractivity contribution >= 4 is 17.0 Å². The number of aryl methyl sites for hydroxylation is 2. The van der Waals surface area contributed by atoms with Crippen LogP contribution in [0.25, 0.3) is 22.3 Å². The van der Waals surface area contributed by atoms with E-state index in [1.165, 1.54) is 12.1 Å². The number of benzene rings is 1. The van der Waals surface area contributed by atoms with Gasteiger partial charge in [0.1, 0.15) is 17.7 Å². The number of hydrogen-bond acceptors (Lipinski definition) is 6. The first-order chi connectivity index (χ1) is 15.0. The minimum Gasteiger partial charge on any atom is -0.370 e. The topological polar surface area (TPSA) is 69.0 Å². The molecular formula is C22H20F2N6O. The molecule has 0 unspecified atom stereocenters. The number of hydrogen-bond donors (Lipinski definition) is 0. The molecule has 0 bridgehead atoms. The first-order valence-electron chi connectivity index (χ1n) is 9.94. The maximum Gasteiger partial charge on any atom is 0.228 e. The van der Waals surface area contributed by atoms with Crippen LogP contribution in [0.3, 0.4) is 0 Å². The number of morpholine rings is 1. The van der Waals surface area contributed by atoms with E-state index in [0.717, 1.165) is 17.3 Å². The van der Waals surface area contributed by atoms with E-state index in [0.29, 0.717) is 42.4 Å². The molecule has 9 heteroatoms. The standard InChI is InChI=1S/C22H20F2N6O/c1-13-3-5-17-20(16-6-4-15(23)9-18(16)24)27-22(28-21(17)26-13)30-7-8-31-19(12-30)14-10-25-29(2)11-14/h3-6,9-11,19H,7-8,12H2,1-2H3/t19-/m1/s1. The Balaban J connectivity index is 1.60. The summed E-state index contributed by atoms with van der Waals surface area (Å²) in [6.45, 7) is 3.46. The Hall–Kier alpha value is -3.46. The summed E-state index contributed by atoms with van der Waals surface area (Å²) in [7, 11) is 1.86. The Morgan fingerprint density at radius 2 is 1.97 bits per heavy atom. The quantitative estimate of drug-likeness (QED) is 0.503. The molecule has 4 heterocycles. The van der Waals surface area contributed by atoms with E-state index in [9.17, 15) is 8.78 Å². The van der Waals surface area contributed by atoms with Gasteiger partial charge in [-0.1, -0.05) is 0 Å². The Kier molecular flexibility index (Phi) is 4.82. The van der Waals surface area contributed by atoms with E-state index in [1.807, 2.05) is 37.2 Å².